The van der Waals surface area contributed by atoms with Crippen molar-refractivity contribution in [2.24, 2.45) is 0 Å². The van der Waals surface area contributed by atoms with Crippen molar-refractivity contribution in [3.63, 3.8) is 0 Å². The number of hydrogen-bond donors (Lipinski definition) is 1. The van der Waals surface area contributed by atoms with E-state index in [2.05, 4.69) is 40.8 Å². The Morgan fingerprint density at radius 1 is 0.941 bits per heavy atom. The molecule has 0 spiro atoms. The average Bonchev–Trinajstić information content (AvgIpc) is 2.41. The maximum Gasteiger partial charge on any atom is 0.0131 e. The summed E-state index contributed by atoms with van der Waals surface area (Å²) in [6.45, 7) is 3.60. The van der Waals surface area contributed by atoms with Crippen LogP contribution in [0.2, 0.25) is 0 Å². The molecule has 1 aromatic rings. The van der Waals surface area contributed by atoms with Crippen LogP contribution >= 0.6 is 0 Å². The highest BCUT2D eigenvalue weighted by Crippen LogP contribution is 2.07. The molecule has 1 aliphatic heterocycles. The first-order valence-corrected chi connectivity index (χ1v) is 6.97. The molecule has 17 heavy (non-hydrogen) atoms. The van der Waals surface area contributed by atoms with Crippen LogP contribution in [0, 0.1) is 0 Å². The minimum absolute atomic E-state index is 1.13. The first-order chi connectivity index (χ1) is 8.45. The highest BCUT2D eigenvalue weighted by Gasteiger charge is 2.08. The van der Waals surface area contributed by atoms with Gasteiger partial charge in [0.15, 0.2) is 0 Å². The Balaban J connectivity index is 1.51. The van der Waals surface area contributed by atoms with Gasteiger partial charge in [-0.15, -0.1) is 0 Å². The van der Waals surface area contributed by atoms with Gasteiger partial charge < -0.3 is 0 Å². The monoisotopic (exact) mass is 232 g/mol. The molecular formula is C15H24N2. The second-order valence-corrected chi connectivity index (χ2v) is 4.90. The number of piperidine rings is 1. The van der Waals surface area contributed by atoms with Crippen LogP contribution in [0.15, 0.2) is 30.3 Å². The third-order valence-electron chi connectivity index (χ3n) is 3.43. The lowest BCUT2D eigenvalue weighted by molar-refractivity contribution is 0.153. The third kappa shape index (κ3) is 4.88. The molecular weight excluding hydrogens is 208 g/mol. The normalized spacial score (nSPS) is 17.2. The molecule has 1 aromatic carbocycles. The fraction of sp³-hybridized carbons (Fsp3) is 0.600. The molecule has 0 bridgehead atoms. The molecule has 94 valence electrons. The van der Waals surface area contributed by atoms with Crippen LogP contribution in [0.25, 0.3) is 0 Å². The van der Waals surface area contributed by atoms with Crippen molar-refractivity contribution >= 4 is 0 Å². The van der Waals surface area contributed by atoms with E-state index in [0.717, 1.165) is 6.54 Å². The fourth-order valence-electron chi connectivity index (χ4n) is 2.39. The lowest BCUT2D eigenvalue weighted by Crippen LogP contribution is -2.42. The molecule has 1 saturated heterocycles. The van der Waals surface area contributed by atoms with Crippen LogP contribution in [0.4, 0.5) is 0 Å². The Bertz CT molecular complexity index is 291. The highest BCUT2D eigenvalue weighted by molar-refractivity contribution is 5.14. The molecule has 2 nitrogen and oxygen atoms in total. The molecule has 0 saturated carbocycles. The standard InChI is InChI=1S/C15H24N2/c1-3-9-15(10-4-1)11-5-6-12-16-17-13-7-2-8-14-17/h1,3-4,9-10,16H,2,5-8,11-14H2. The van der Waals surface area contributed by atoms with Gasteiger partial charge >= 0.3 is 0 Å². The molecule has 2 heteroatoms. The van der Waals surface area contributed by atoms with E-state index in [1.165, 1.54) is 57.2 Å². The summed E-state index contributed by atoms with van der Waals surface area (Å²) in [7, 11) is 0. The van der Waals surface area contributed by atoms with Crippen molar-refractivity contribution in [2.45, 2.75) is 38.5 Å². The van der Waals surface area contributed by atoms with E-state index in [1.54, 1.807) is 0 Å². The molecule has 0 amide bonds. The summed E-state index contributed by atoms with van der Waals surface area (Å²) >= 11 is 0. The van der Waals surface area contributed by atoms with Crippen molar-refractivity contribution in [1.82, 2.24) is 10.4 Å². The molecule has 1 fully saturated rings. The smallest absolute Gasteiger partial charge is 0.0131 e. The Morgan fingerprint density at radius 2 is 1.71 bits per heavy atom. The number of nitrogens with one attached hydrogen (secondary N) is 1. The molecule has 0 atom stereocenters. The van der Waals surface area contributed by atoms with Gasteiger partial charge in [0.05, 0.1) is 0 Å². The number of aryl methyl sites for hydroxylation is 1. The second kappa shape index (κ2) is 7.46. The molecule has 2 rings (SSSR count). The van der Waals surface area contributed by atoms with E-state index < -0.39 is 0 Å². The topological polar surface area (TPSA) is 15.3 Å². The SMILES string of the molecule is c1ccc(CCCCNN2CCCCC2)cc1. The van der Waals surface area contributed by atoms with Gasteiger partial charge in [-0.3, -0.25) is 5.43 Å². The van der Waals surface area contributed by atoms with Crippen LogP contribution in [-0.4, -0.2) is 24.6 Å². The van der Waals surface area contributed by atoms with Crippen molar-refractivity contribution in [2.75, 3.05) is 19.6 Å². The number of hydrazine groups is 1. The lowest BCUT2D eigenvalue weighted by Gasteiger charge is -2.27. The Morgan fingerprint density at radius 3 is 2.47 bits per heavy atom. The summed E-state index contributed by atoms with van der Waals surface area (Å²) in [6, 6.07) is 10.8. The second-order valence-electron chi connectivity index (χ2n) is 4.90. The van der Waals surface area contributed by atoms with Gasteiger partial charge in [0.1, 0.15) is 0 Å². The van der Waals surface area contributed by atoms with E-state index in [1.807, 2.05) is 0 Å². The zero-order valence-electron chi connectivity index (χ0n) is 10.7. The summed E-state index contributed by atoms with van der Waals surface area (Å²) < 4.78 is 0. The zero-order valence-corrected chi connectivity index (χ0v) is 10.7. The Hall–Kier alpha value is -0.860. The van der Waals surface area contributed by atoms with Gasteiger partial charge in [-0.25, -0.2) is 5.01 Å². The average molecular weight is 232 g/mol. The quantitative estimate of drug-likeness (QED) is 0.759. The minimum atomic E-state index is 1.13. The Labute approximate surface area is 105 Å². The van der Waals surface area contributed by atoms with Crippen molar-refractivity contribution in [3.8, 4) is 0 Å². The summed E-state index contributed by atoms with van der Waals surface area (Å²) in [5.41, 5.74) is 5.00. The van der Waals surface area contributed by atoms with E-state index in [0.29, 0.717) is 0 Å². The molecule has 0 aliphatic carbocycles. The van der Waals surface area contributed by atoms with E-state index >= 15 is 0 Å². The van der Waals surface area contributed by atoms with Crippen molar-refractivity contribution in [1.29, 1.82) is 0 Å². The summed E-state index contributed by atoms with van der Waals surface area (Å²) in [4.78, 5) is 0. The van der Waals surface area contributed by atoms with Crippen LogP contribution in [0.3, 0.4) is 0 Å². The molecule has 1 N–H and O–H groups in total. The number of rotatable bonds is 6. The first-order valence-electron chi connectivity index (χ1n) is 6.97. The van der Waals surface area contributed by atoms with Gasteiger partial charge in [-0.05, 0) is 37.7 Å². The van der Waals surface area contributed by atoms with Crippen LogP contribution in [0.1, 0.15) is 37.7 Å². The van der Waals surface area contributed by atoms with Gasteiger partial charge in [0, 0.05) is 19.6 Å². The number of benzene rings is 1. The van der Waals surface area contributed by atoms with Gasteiger partial charge in [0.2, 0.25) is 0 Å². The van der Waals surface area contributed by atoms with E-state index in [4.69, 9.17) is 0 Å². The summed E-state index contributed by atoms with van der Waals surface area (Å²) in [5.74, 6) is 0. The molecule has 0 radical (unpaired) electrons. The molecule has 1 aliphatic rings. The zero-order chi connectivity index (χ0) is 11.8. The maximum atomic E-state index is 3.54. The third-order valence-corrected chi connectivity index (χ3v) is 3.43. The predicted octanol–water partition coefficient (Wildman–Crippen LogP) is 3.00. The van der Waals surface area contributed by atoms with Gasteiger partial charge in [0.25, 0.3) is 0 Å². The van der Waals surface area contributed by atoms with Gasteiger partial charge in [-0.1, -0.05) is 36.8 Å². The highest BCUT2D eigenvalue weighted by atomic mass is 15.5. The van der Waals surface area contributed by atoms with Crippen LogP contribution < -0.4 is 5.43 Å². The number of nitrogens with zero attached hydrogens (tertiary/aromatic N) is 1. The van der Waals surface area contributed by atoms with Crippen LogP contribution in [0.5, 0.6) is 0 Å². The first kappa shape index (κ1) is 12.6. The van der Waals surface area contributed by atoms with E-state index in [-0.39, 0.29) is 0 Å². The Kier molecular flexibility index (Phi) is 5.53. The summed E-state index contributed by atoms with van der Waals surface area (Å²) in [6.07, 6.45) is 7.89. The predicted molar refractivity (Wildman–Crippen MR) is 72.8 cm³/mol. The minimum Gasteiger partial charge on any atom is -0.255 e. The van der Waals surface area contributed by atoms with Crippen molar-refractivity contribution < 1.29 is 0 Å². The molecule has 0 unspecified atom stereocenters. The van der Waals surface area contributed by atoms with Gasteiger partial charge in [-0.2, -0.15) is 0 Å². The fourth-order valence-corrected chi connectivity index (χ4v) is 2.39. The number of hydrogen-bond acceptors (Lipinski definition) is 2. The summed E-state index contributed by atoms with van der Waals surface area (Å²) in [5, 5.41) is 2.39. The van der Waals surface area contributed by atoms with E-state index in [9.17, 15) is 0 Å². The molecule has 1 heterocycles. The van der Waals surface area contributed by atoms with Crippen molar-refractivity contribution in [3.05, 3.63) is 35.9 Å². The lowest BCUT2D eigenvalue weighted by atomic mass is 10.1. The maximum absolute atomic E-state index is 3.54. The largest absolute Gasteiger partial charge is 0.255 e. The van der Waals surface area contributed by atoms with Crippen LogP contribution in [-0.2, 0) is 6.42 Å². The number of unbranched alkanes of at least 4 members (excludes halogenated alkanes) is 1. The molecule has 0 aromatic heterocycles.